The SMILES string of the molecule is C=CCNC(=O)CN1CCN(CC(=O)NC2(C#N)CCCCCC2)CC1. The highest BCUT2D eigenvalue weighted by molar-refractivity contribution is 5.79. The van der Waals surface area contributed by atoms with Crippen molar-refractivity contribution in [3.63, 3.8) is 0 Å². The molecule has 0 aromatic carbocycles. The standard InChI is InChI=1S/C19H31N5O2/c1-2-9-21-17(25)14-23-10-12-24(13-11-23)15-18(26)22-19(16-20)7-5-3-4-6-8-19/h2H,1,3-15H2,(H,21,25)(H,22,26). The molecule has 2 fully saturated rings. The number of carbonyl (C=O) groups is 2. The van der Waals surface area contributed by atoms with Crippen molar-refractivity contribution in [2.75, 3.05) is 45.8 Å². The van der Waals surface area contributed by atoms with E-state index >= 15 is 0 Å². The van der Waals surface area contributed by atoms with Crippen molar-refractivity contribution in [1.82, 2.24) is 20.4 Å². The van der Waals surface area contributed by atoms with E-state index < -0.39 is 5.54 Å². The van der Waals surface area contributed by atoms with E-state index in [-0.39, 0.29) is 11.8 Å². The highest BCUT2D eigenvalue weighted by atomic mass is 16.2. The smallest absolute Gasteiger partial charge is 0.235 e. The third-order valence-corrected chi connectivity index (χ3v) is 5.19. The summed E-state index contributed by atoms with van der Waals surface area (Å²) in [4.78, 5) is 28.4. The lowest BCUT2D eigenvalue weighted by molar-refractivity contribution is -0.125. The molecule has 0 aromatic heterocycles. The van der Waals surface area contributed by atoms with Crippen molar-refractivity contribution in [1.29, 1.82) is 5.26 Å². The van der Waals surface area contributed by atoms with Crippen molar-refractivity contribution in [3.8, 4) is 6.07 Å². The Kier molecular flexibility index (Phi) is 8.07. The molecule has 2 rings (SSSR count). The van der Waals surface area contributed by atoms with E-state index in [0.29, 0.717) is 19.6 Å². The predicted molar refractivity (Wildman–Crippen MR) is 100 cm³/mol. The summed E-state index contributed by atoms with van der Waals surface area (Å²) in [7, 11) is 0. The van der Waals surface area contributed by atoms with E-state index in [2.05, 4.69) is 33.1 Å². The topological polar surface area (TPSA) is 88.5 Å². The molecule has 0 bridgehead atoms. The van der Waals surface area contributed by atoms with Crippen LogP contribution in [-0.4, -0.2) is 73.0 Å². The zero-order valence-corrected chi connectivity index (χ0v) is 15.6. The third kappa shape index (κ3) is 6.43. The molecular weight excluding hydrogens is 330 g/mol. The Balaban J connectivity index is 1.73. The molecule has 7 nitrogen and oxygen atoms in total. The number of carbonyl (C=O) groups excluding carboxylic acids is 2. The molecule has 0 atom stereocenters. The summed E-state index contributed by atoms with van der Waals surface area (Å²) in [5.74, 6) is -0.0638. The number of nitrogens with zero attached hydrogens (tertiary/aromatic N) is 3. The Hall–Kier alpha value is -1.91. The van der Waals surface area contributed by atoms with Crippen LogP contribution >= 0.6 is 0 Å². The van der Waals surface area contributed by atoms with Crippen LogP contribution in [0.25, 0.3) is 0 Å². The van der Waals surface area contributed by atoms with Crippen LogP contribution in [0.3, 0.4) is 0 Å². The van der Waals surface area contributed by atoms with Gasteiger partial charge in [0.1, 0.15) is 5.54 Å². The lowest BCUT2D eigenvalue weighted by Crippen LogP contribution is -2.54. The molecule has 0 radical (unpaired) electrons. The van der Waals surface area contributed by atoms with Crippen LogP contribution in [0, 0.1) is 11.3 Å². The molecule has 7 heteroatoms. The second kappa shape index (κ2) is 10.3. The van der Waals surface area contributed by atoms with Gasteiger partial charge in [-0.25, -0.2) is 0 Å². The quantitative estimate of drug-likeness (QED) is 0.513. The van der Waals surface area contributed by atoms with Gasteiger partial charge in [0.2, 0.25) is 11.8 Å². The minimum absolute atomic E-state index is 0.000388. The molecule has 2 aliphatic rings. The first kappa shape index (κ1) is 20.4. The van der Waals surface area contributed by atoms with E-state index in [9.17, 15) is 14.9 Å². The molecule has 1 heterocycles. The largest absolute Gasteiger partial charge is 0.352 e. The number of rotatable bonds is 7. The zero-order chi connectivity index (χ0) is 18.8. The van der Waals surface area contributed by atoms with Crippen molar-refractivity contribution in [3.05, 3.63) is 12.7 Å². The van der Waals surface area contributed by atoms with E-state index in [1.807, 2.05) is 0 Å². The van der Waals surface area contributed by atoms with E-state index in [4.69, 9.17) is 0 Å². The van der Waals surface area contributed by atoms with Gasteiger partial charge in [0.15, 0.2) is 0 Å². The molecule has 2 N–H and O–H groups in total. The molecule has 1 aliphatic heterocycles. The average Bonchev–Trinajstić information content (AvgIpc) is 2.87. The number of hydrogen-bond acceptors (Lipinski definition) is 5. The molecule has 2 amide bonds. The maximum absolute atomic E-state index is 12.4. The van der Waals surface area contributed by atoms with Gasteiger partial charge in [-0.15, -0.1) is 6.58 Å². The fourth-order valence-electron chi connectivity index (χ4n) is 3.66. The number of nitrogens with one attached hydrogen (secondary N) is 2. The van der Waals surface area contributed by atoms with Crippen LogP contribution in [0.2, 0.25) is 0 Å². The predicted octanol–water partition coefficient (Wildman–Crippen LogP) is 0.639. The highest BCUT2D eigenvalue weighted by Gasteiger charge is 2.33. The second-order valence-electron chi connectivity index (χ2n) is 7.30. The summed E-state index contributed by atoms with van der Waals surface area (Å²) in [6.45, 7) is 7.79. The van der Waals surface area contributed by atoms with Gasteiger partial charge in [0.25, 0.3) is 0 Å². The first-order valence-electron chi connectivity index (χ1n) is 9.61. The molecular formula is C19H31N5O2. The highest BCUT2D eigenvalue weighted by Crippen LogP contribution is 2.26. The van der Waals surface area contributed by atoms with Gasteiger partial charge >= 0.3 is 0 Å². The minimum Gasteiger partial charge on any atom is -0.352 e. The van der Waals surface area contributed by atoms with Crippen molar-refractivity contribution in [2.45, 2.75) is 44.1 Å². The summed E-state index contributed by atoms with van der Waals surface area (Å²) >= 11 is 0. The van der Waals surface area contributed by atoms with Gasteiger partial charge in [0.05, 0.1) is 19.2 Å². The average molecular weight is 361 g/mol. The summed E-state index contributed by atoms with van der Waals surface area (Å²) < 4.78 is 0. The van der Waals surface area contributed by atoms with Gasteiger partial charge in [0, 0.05) is 32.7 Å². The normalized spacial score (nSPS) is 21.2. The van der Waals surface area contributed by atoms with Crippen LogP contribution in [-0.2, 0) is 9.59 Å². The third-order valence-electron chi connectivity index (χ3n) is 5.19. The van der Waals surface area contributed by atoms with Crippen LogP contribution in [0.5, 0.6) is 0 Å². The zero-order valence-electron chi connectivity index (χ0n) is 15.6. The van der Waals surface area contributed by atoms with Crippen LogP contribution in [0.15, 0.2) is 12.7 Å². The maximum atomic E-state index is 12.4. The Morgan fingerprint density at radius 2 is 1.54 bits per heavy atom. The Bertz CT molecular complexity index is 527. The van der Waals surface area contributed by atoms with Crippen molar-refractivity contribution >= 4 is 11.8 Å². The van der Waals surface area contributed by atoms with E-state index in [0.717, 1.165) is 64.7 Å². The molecule has 26 heavy (non-hydrogen) atoms. The molecule has 0 spiro atoms. The minimum atomic E-state index is -0.682. The van der Waals surface area contributed by atoms with Gasteiger partial charge in [-0.1, -0.05) is 31.8 Å². The van der Waals surface area contributed by atoms with Gasteiger partial charge in [-0.3, -0.25) is 19.4 Å². The molecule has 1 aliphatic carbocycles. The van der Waals surface area contributed by atoms with E-state index in [1.165, 1.54) is 0 Å². The van der Waals surface area contributed by atoms with Crippen LogP contribution in [0.4, 0.5) is 0 Å². The number of nitriles is 1. The summed E-state index contributed by atoms with van der Waals surface area (Å²) in [6.07, 6.45) is 7.45. The Morgan fingerprint density at radius 1 is 1.00 bits per heavy atom. The number of piperazine rings is 1. The summed E-state index contributed by atoms with van der Waals surface area (Å²) in [5, 5.41) is 15.4. The first-order chi connectivity index (χ1) is 12.6. The molecule has 144 valence electrons. The number of hydrogen-bond donors (Lipinski definition) is 2. The lowest BCUT2D eigenvalue weighted by Gasteiger charge is -2.34. The first-order valence-corrected chi connectivity index (χ1v) is 9.61. The maximum Gasteiger partial charge on any atom is 0.235 e. The van der Waals surface area contributed by atoms with Gasteiger partial charge in [-0.05, 0) is 12.8 Å². The summed E-state index contributed by atoms with van der Waals surface area (Å²) in [5.41, 5.74) is -0.682. The Labute approximate surface area is 156 Å². The monoisotopic (exact) mass is 361 g/mol. The summed E-state index contributed by atoms with van der Waals surface area (Å²) in [6, 6.07) is 2.36. The number of amides is 2. The molecule has 1 saturated heterocycles. The molecule has 0 unspecified atom stereocenters. The van der Waals surface area contributed by atoms with Gasteiger partial charge in [-0.2, -0.15) is 5.26 Å². The van der Waals surface area contributed by atoms with Crippen molar-refractivity contribution < 1.29 is 9.59 Å². The van der Waals surface area contributed by atoms with Crippen molar-refractivity contribution in [2.24, 2.45) is 0 Å². The Morgan fingerprint density at radius 3 is 2.04 bits per heavy atom. The van der Waals surface area contributed by atoms with E-state index in [1.54, 1.807) is 6.08 Å². The van der Waals surface area contributed by atoms with Gasteiger partial charge < -0.3 is 10.6 Å². The molecule has 1 saturated carbocycles. The second-order valence-corrected chi connectivity index (χ2v) is 7.30. The lowest BCUT2D eigenvalue weighted by atomic mass is 9.92. The molecule has 0 aromatic rings. The van der Waals surface area contributed by atoms with Crippen LogP contribution in [0.1, 0.15) is 38.5 Å². The van der Waals surface area contributed by atoms with Crippen LogP contribution < -0.4 is 10.6 Å². The fraction of sp³-hybridized carbons (Fsp3) is 0.737. The fourth-order valence-corrected chi connectivity index (χ4v) is 3.66.